The summed E-state index contributed by atoms with van der Waals surface area (Å²) in [6.45, 7) is 26.1. The van der Waals surface area contributed by atoms with Gasteiger partial charge in [-0.2, -0.15) is 6.07 Å². The molecule has 11 rings (SSSR count). The van der Waals surface area contributed by atoms with E-state index in [9.17, 15) is 1.37 Å². The average molecular weight is 1280 g/mol. The Morgan fingerprint density at radius 2 is 1.13 bits per heavy atom. The Bertz CT molecular complexity index is 4110. The summed E-state index contributed by atoms with van der Waals surface area (Å²) in [6, 6.07) is 52.1. The predicted molar refractivity (Wildman–Crippen MR) is 320 cm³/mol. The first kappa shape index (κ1) is 56.3. The van der Waals surface area contributed by atoms with E-state index in [4.69, 9.17) is 9.72 Å². The van der Waals surface area contributed by atoms with Gasteiger partial charge in [0.15, 0.2) is 23.3 Å². The van der Waals surface area contributed by atoms with Gasteiger partial charge < -0.3 is 19.1 Å². The topological polar surface area (TPSA) is 33.5 Å². The van der Waals surface area contributed by atoms with E-state index in [1.165, 1.54) is 0 Å². The molecule has 0 fully saturated rings. The van der Waals surface area contributed by atoms with E-state index in [0.717, 1.165) is 55.4 Å². The summed E-state index contributed by atoms with van der Waals surface area (Å²) in [4.78, 5) is 8.52. The van der Waals surface area contributed by atoms with E-state index in [1.54, 1.807) is 17.6 Å². The Kier molecular flexibility index (Phi) is 15.1. The molecule has 3 heterocycles. The zero-order chi connectivity index (χ0) is 58.5. The Labute approximate surface area is 494 Å². The number of hydrogen-bond acceptors (Lipinski definition) is 4. The summed E-state index contributed by atoms with van der Waals surface area (Å²) in [7, 11) is 0. The van der Waals surface area contributed by atoms with Crippen LogP contribution in [0.15, 0.2) is 146 Å². The second-order valence-electron chi connectivity index (χ2n) is 24.0. The molecule has 0 N–H and O–H groups in total. The normalized spacial score (nSPS) is 13.1. The first-order chi connectivity index (χ1) is 38.8. The Morgan fingerprint density at radius 3 is 1.78 bits per heavy atom. The molecule has 10 aromatic rings. The molecule has 1 aliphatic heterocycles. The maximum Gasteiger partial charge on any atom is 0.200 e. The number of benzene rings is 8. The van der Waals surface area contributed by atoms with Crippen LogP contribution in [0.1, 0.15) is 130 Å². The quantitative estimate of drug-likeness (QED) is 0.0559. The van der Waals surface area contributed by atoms with Gasteiger partial charge in [-0.1, -0.05) is 161 Å². The molecule has 1 aliphatic rings. The van der Waals surface area contributed by atoms with Crippen molar-refractivity contribution in [3.63, 3.8) is 0 Å². The molecule has 0 bridgehead atoms. The van der Waals surface area contributed by atoms with Crippen LogP contribution >= 0.6 is 0 Å². The minimum Gasteiger partial charge on any atom is -0.509 e. The number of nitrogens with zero attached hydrogens (tertiary/aromatic N) is 4. The van der Waals surface area contributed by atoms with E-state index < -0.39 is 46.0 Å². The van der Waals surface area contributed by atoms with Crippen molar-refractivity contribution in [2.75, 3.05) is 9.80 Å². The van der Waals surface area contributed by atoms with Gasteiger partial charge in [-0.25, -0.2) is 26.9 Å². The number of halogens is 5. The fraction of sp³-hybridized carbons (Fsp3) is 0.239. The van der Waals surface area contributed by atoms with Crippen LogP contribution < -0.4 is 14.5 Å². The van der Waals surface area contributed by atoms with Crippen molar-refractivity contribution in [1.29, 1.82) is 0 Å². The van der Waals surface area contributed by atoms with Crippen LogP contribution in [-0.2, 0) is 31.9 Å². The summed E-state index contributed by atoms with van der Waals surface area (Å²) in [6.07, 6.45) is 1.83. The fourth-order valence-electron chi connectivity index (χ4n) is 10.9. The van der Waals surface area contributed by atoms with E-state index in [-0.39, 0.29) is 49.6 Å². The zero-order valence-electron chi connectivity index (χ0n) is 49.0. The number of aromatic nitrogens is 2. The van der Waals surface area contributed by atoms with Crippen LogP contribution in [0.5, 0.6) is 11.5 Å². The molecule has 82 heavy (non-hydrogen) atoms. The van der Waals surface area contributed by atoms with E-state index >= 15 is 22.0 Å². The van der Waals surface area contributed by atoms with Crippen molar-refractivity contribution < 1.29 is 49.1 Å². The Morgan fingerprint density at radius 1 is 0.549 bits per heavy atom. The van der Waals surface area contributed by atoms with Crippen molar-refractivity contribution in [2.45, 2.75) is 112 Å². The van der Waals surface area contributed by atoms with Gasteiger partial charge in [0.1, 0.15) is 5.82 Å². The second kappa shape index (κ2) is 22.0. The third kappa shape index (κ3) is 10.4. The van der Waals surface area contributed by atoms with Gasteiger partial charge in [0.25, 0.3) is 0 Å². The largest absolute Gasteiger partial charge is 0.509 e. The van der Waals surface area contributed by atoms with Gasteiger partial charge in [-0.3, -0.25) is 0 Å². The fourth-order valence-corrected chi connectivity index (χ4v) is 10.9. The molecule has 0 radical (unpaired) electrons. The number of hydrogen-bond donors (Lipinski definition) is 0. The third-order valence-corrected chi connectivity index (χ3v) is 15.4. The monoisotopic (exact) mass is 1280 g/mol. The molecule has 0 spiro atoms. The summed E-state index contributed by atoms with van der Waals surface area (Å²) in [5.41, 5.74) is 8.71. The molecule has 0 atom stereocenters. The van der Waals surface area contributed by atoms with Gasteiger partial charge >= 0.3 is 0 Å². The molecule has 8 aromatic carbocycles. The molecule has 11 heteroatoms. The number of para-hydroxylation sites is 3. The van der Waals surface area contributed by atoms with Crippen molar-refractivity contribution in [3.8, 4) is 50.7 Å². The minimum atomic E-state index is -2.24. The van der Waals surface area contributed by atoms with Crippen molar-refractivity contribution >= 4 is 44.6 Å². The van der Waals surface area contributed by atoms with Crippen LogP contribution in [-0.4, -0.2) is 9.55 Å². The zero-order valence-corrected chi connectivity index (χ0v) is 50.3. The van der Waals surface area contributed by atoms with Crippen molar-refractivity contribution in [3.05, 3.63) is 221 Å². The molecule has 0 aliphatic carbocycles. The van der Waals surface area contributed by atoms with Crippen LogP contribution in [0.4, 0.5) is 44.7 Å². The molecule has 0 amide bonds. The van der Waals surface area contributed by atoms with E-state index in [2.05, 4.69) is 89.4 Å². The van der Waals surface area contributed by atoms with Crippen LogP contribution in [0.3, 0.4) is 0 Å². The van der Waals surface area contributed by atoms with Gasteiger partial charge in [-0.15, -0.1) is 53.6 Å². The first-order valence-corrected chi connectivity index (χ1v) is 27.4. The maximum absolute atomic E-state index is 16.7. The molecular formula is C71H64F5N4OPt-3. The van der Waals surface area contributed by atoms with Gasteiger partial charge in [0.05, 0.1) is 5.56 Å². The van der Waals surface area contributed by atoms with Gasteiger partial charge in [0.2, 0.25) is 5.82 Å². The van der Waals surface area contributed by atoms with E-state index in [1.807, 2.05) is 155 Å². The number of fused-ring (bicyclic) bond motifs is 4. The average Bonchev–Trinajstić information content (AvgIpc) is 2.28. The van der Waals surface area contributed by atoms with Crippen molar-refractivity contribution in [1.82, 2.24) is 9.55 Å². The molecular weight excluding hydrogens is 1210 g/mol. The third-order valence-electron chi connectivity index (χ3n) is 15.4. The van der Waals surface area contributed by atoms with Crippen molar-refractivity contribution in [2.24, 2.45) is 0 Å². The number of anilines is 4. The van der Waals surface area contributed by atoms with Crippen LogP contribution in [0, 0.1) is 47.9 Å². The summed E-state index contributed by atoms with van der Waals surface area (Å²) >= 11 is 0. The molecule has 422 valence electrons. The predicted octanol–water partition coefficient (Wildman–Crippen LogP) is 20.6. The minimum absolute atomic E-state index is 0. The number of pyridine rings is 1. The summed E-state index contributed by atoms with van der Waals surface area (Å²) < 4.78 is 98.3. The Balaban J connectivity index is 0.00000769. The van der Waals surface area contributed by atoms with Crippen LogP contribution in [0.25, 0.3) is 61.0 Å². The van der Waals surface area contributed by atoms with Gasteiger partial charge in [-0.05, 0) is 115 Å². The summed E-state index contributed by atoms with van der Waals surface area (Å²) in [5, 5.41) is 1.98. The number of ether oxygens (including phenoxy) is 1. The molecule has 2 aromatic heterocycles. The standard InChI is InChI=1S/C71H64F5N4O.Pt/c1-40(2)43-29-44(41(3)4)31-45(30-43)56-34-48(71(10,11)12)35-57(63-64(72)66(74)68(76)67(75)65(63)73)69(56)79-39-78(59-23-17-18-24-60(59)79)49-32-46(53-20-14-13-19-52(53)42(5)6)33-51(37-49)81-50-25-26-55-54-21-15-16-22-58(54)80(61(55)38-50)62-36-47(27-28-77-62)70(7,8)9;/h13-36,39-42H,1-12H3;/q-3;/i42D;. The van der Waals surface area contributed by atoms with E-state index in [0.29, 0.717) is 50.8 Å². The smallest absolute Gasteiger partial charge is 0.200 e. The number of rotatable bonds is 11. The SMILES string of the molecule is [2H]C(C)(C)c1ccccc1-c1cc(Oc2[c-]c3c(cc2)c2ccccc2n3-c2cc(C(C)(C)C)ccn2)[c-]c(N2[CH-]N(c3c(-c4cc(C(C)C)cc(C(C)C)c4)cc(C(C)(C)C)cc3-c3c(F)c(F)c(F)c(F)c3F)c3ccccc32)c1.[Pt]. The molecule has 0 saturated carbocycles. The summed E-state index contributed by atoms with van der Waals surface area (Å²) in [5.74, 6) is -9.65. The van der Waals surface area contributed by atoms with Gasteiger partial charge in [0, 0.05) is 73.8 Å². The Hall–Kier alpha value is -7.55. The molecule has 0 unspecified atom stereocenters. The first-order valence-electron chi connectivity index (χ1n) is 27.9. The molecule has 5 nitrogen and oxygen atoms in total. The second-order valence-corrected chi connectivity index (χ2v) is 24.0. The van der Waals surface area contributed by atoms with Crippen LogP contribution in [0.2, 0.25) is 0 Å². The maximum atomic E-state index is 16.7. The molecule has 0 saturated heterocycles.